The summed E-state index contributed by atoms with van der Waals surface area (Å²) in [6.07, 6.45) is 4.40. The second-order valence-electron chi connectivity index (χ2n) is 4.30. The molecule has 2 aromatic rings. The van der Waals surface area contributed by atoms with Crippen LogP contribution in [0.15, 0.2) is 30.5 Å². The predicted molar refractivity (Wildman–Crippen MR) is 66.3 cm³/mol. The second kappa shape index (κ2) is 3.76. The van der Waals surface area contributed by atoms with E-state index < -0.39 is 0 Å². The zero-order valence-corrected chi connectivity index (χ0v) is 9.11. The molecule has 82 valence electrons. The molecule has 0 bridgehead atoms. The summed E-state index contributed by atoms with van der Waals surface area (Å²) < 4.78 is 0. The van der Waals surface area contributed by atoms with Crippen molar-refractivity contribution in [3.8, 4) is 0 Å². The van der Waals surface area contributed by atoms with E-state index in [2.05, 4.69) is 22.4 Å². The van der Waals surface area contributed by atoms with Gasteiger partial charge < -0.3 is 11.1 Å². The summed E-state index contributed by atoms with van der Waals surface area (Å²) in [5.74, 6) is 0.996. The van der Waals surface area contributed by atoms with Crippen molar-refractivity contribution in [3.05, 3.63) is 36.0 Å². The van der Waals surface area contributed by atoms with Gasteiger partial charge in [0.05, 0.1) is 0 Å². The molecular formula is C13H15N3. The first kappa shape index (κ1) is 9.60. The summed E-state index contributed by atoms with van der Waals surface area (Å²) in [6.45, 7) is 0.539. The molecule has 0 spiro atoms. The van der Waals surface area contributed by atoms with Gasteiger partial charge in [0.25, 0.3) is 0 Å². The third kappa shape index (κ3) is 1.63. The molecule has 0 aliphatic heterocycles. The monoisotopic (exact) mass is 213 g/mol. The Balaban J connectivity index is 2.14. The molecule has 1 aliphatic rings. The van der Waals surface area contributed by atoms with E-state index in [1.807, 2.05) is 18.3 Å². The van der Waals surface area contributed by atoms with Crippen molar-refractivity contribution in [1.82, 2.24) is 4.98 Å². The maximum atomic E-state index is 5.72. The maximum Gasteiger partial charge on any atom is 0.134 e. The van der Waals surface area contributed by atoms with Gasteiger partial charge in [-0.15, -0.1) is 0 Å². The topological polar surface area (TPSA) is 50.9 Å². The van der Waals surface area contributed by atoms with Crippen LogP contribution in [0.5, 0.6) is 0 Å². The highest BCUT2D eigenvalue weighted by molar-refractivity contribution is 5.94. The summed E-state index contributed by atoms with van der Waals surface area (Å²) in [6, 6.07) is 8.92. The fourth-order valence-corrected chi connectivity index (χ4v) is 1.95. The van der Waals surface area contributed by atoms with Gasteiger partial charge in [0.15, 0.2) is 0 Å². The van der Waals surface area contributed by atoms with Gasteiger partial charge in [-0.25, -0.2) is 4.98 Å². The average molecular weight is 213 g/mol. The van der Waals surface area contributed by atoms with Crippen molar-refractivity contribution in [3.63, 3.8) is 0 Å². The van der Waals surface area contributed by atoms with Crippen molar-refractivity contribution in [2.24, 2.45) is 5.73 Å². The van der Waals surface area contributed by atoms with E-state index in [0.29, 0.717) is 12.6 Å². The minimum atomic E-state index is 0.539. The molecular weight excluding hydrogens is 198 g/mol. The van der Waals surface area contributed by atoms with Gasteiger partial charge in [-0.1, -0.05) is 24.3 Å². The van der Waals surface area contributed by atoms with Crippen molar-refractivity contribution in [1.29, 1.82) is 0 Å². The highest BCUT2D eigenvalue weighted by Crippen LogP contribution is 2.29. The normalized spacial score (nSPS) is 15.3. The van der Waals surface area contributed by atoms with Crippen LogP contribution in [0.1, 0.15) is 18.4 Å². The number of nitrogens with one attached hydrogen (secondary N) is 1. The molecule has 1 fully saturated rings. The van der Waals surface area contributed by atoms with E-state index in [1.54, 1.807) is 0 Å². The van der Waals surface area contributed by atoms with Crippen LogP contribution >= 0.6 is 0 Å². The summed E-state index contributed by atoms with van der Waals surface area (Å²) in [7, 11) is 0. The first-order chi connectivity index (χ1) is 7.88. The largest absolute Gasteiger partial charge is 0.367 e. The van der Waals surface area contributed by atoms with Gasteiger partial charge in [0, 0.05) is 24.2 Å². The standard InChI is InChI=1S/C13H15N3/c14-7-9-8-15-13(16-10-5-6-10)12-4-2-1-3-11(9)12/h1-4,8,10H,5-7,14H2,(H,15,16). The number of hydrogen-bond donors (Lipinski definition) is 2. The molecule has 3 heteroatoms. The lowest BCUT2D eigenvalue weighted by atomic mass is 10.1. The maximum absolute atomic E-state index is 5.72. The Morgan fingerprint density at radius 2 is 2.00 bits per heavy atom. The van der Waals surface area contributed by atoms with Crippen LogP contribution in [0.4, 0.5) is 5.82 Å². The van der Waals surface area contributed by atoms with Crippen LogP contribution in [0, 0.1) is 0 Å². The highest BCUT2D eigenvalue weighted by atomic mass is 15.0. The van der Waals surface area contributed by atoms with E-state index >= 15 is 0 Å². The molecule has 0 radical (unpaired) electrons. The van der Waals surface area contributed by atoms with Crippen LogP contribution in [0.3, 0.4) is 0 Å². The Hall–Kier alpha value is -1.61. The third-order valence-electron chi connectivity index (χ3n) is 3.02. The molecule has 0 unspecified atom stereocenters. The molecule has 1 saturated carbocycles. The summed E-state index contributed by atoms with van der Waals surface area (Å²) in [5, 5.41) is 5.85. The Morgan fingerprint density at radius 3 is 2.69 bits per heavy atom. The summed E-state index contributed by atoms with van der Waals surface area (Å²) in [4.78, 5) is 4.47. The smallest absolute Gasteiger partial charge is 0.134 e. The predicted octanol–water partition coefficient (Wildman–Crippen LogP) is 2.27. The third-order valence-corrected chi connectivity index (χ3v) is 3.02. The minimum Gasteiger partial charge on any atom is -0.367 e. The first-order valence-corrected chi connectivity index (χ1v) is 5.71. The minimum absolute atomic E-state index is 0.539. The van der Waals surface area contributed by atoms with Gasteiger partial charge in [-0.2, -0.15) is 0 Å². The number of anilines is 1. The number of nitrogens with two attached hydrogens (primary N) is 1. The molecule has 1 aromatic heterocycles. The Bertz CT molecular complexity index is 518. The fourth-order valence-electron chi connectivity index (χ4n) is 1.95. The van der Waals surface area contributed by atoms with Crippen LogP contribution in [-0.4, -0.2) is 11.0 Å². The molecule has 3 rings (SSSR count). The van der Waals surface area contributed by atoms with E-state index in [1.165, 1.54) is 23.6 Å². The number of fused-ring (bicyclic) bond motifs is 1. The van der Waals surface area contributed by atoms with Gasteiger partial charge in [-0.3, -0.25) is 0 Å². The number of hydrogen-bond acceptors (Lipinski definition) is 3. The molecule has 0 saturated heterocycles. The fraction of sp³-hybridized carbons (Fsp3) is 0.308. The van der Waals surface area contributed by atoms with Crippen molar-refractivity contribution < 1.29 is 0 Å². The van der Waals surface area contributed by atoms with E-state index in [4.69, 9.17) is 5.73 Å². The lowest BCUT2D eigenvalue weighted by Crippen LogP contribution is -2.05. The van der Waals surface area contributed by atoms with Crippen LogP contribution in [-0.2, 0) is 6.54 Å². The lowest BCUT2D eigenvalue weighted by Gasteiger charge is -2.10. The number of rotatable bonds is 3. The Labute approximate surface area is 94.7 Å². The first-order valence-electron chi connectivity index (χ1n) is 5.71. The average Bonchev–Trinajstić information content (AvgIpc) is 3.14. The second-order valence-corrected chi connectivity index (χ2v) is 4.30. The van der Waals surface area contributed by atoms with Gasteiger partial charge in [0.2, 0.25) is 0 Å². The van der Waals surface area contributed by atoms with Gasteiger partial charge >= 0.3 is 0 Å². The summed E-state index contributed by atoms with van der Waals surface area (Å²) in [5.41, 5.74) is 6.83. The molecule has 1 heterocycles. The van der Waals surface area contributed by atoms with Crippen LogP contribution in [0.25, 0.3) is 10.8 Å². The quantitative estimate of drug-likeness (QED) is 0.822. The number of benzene rings is 1. The van der Waals surface area contributed by atoms with Crippen molar-refractivity contribution >= 4 is 16.6 Å². The van der Waals surface area contributed by atoms with Crippen molar-refractivity contribution in [2.75, 3.05) is 5.32 Å². The van der Waals surface area contributed by atoms with E-state index in [-0.39, 0.29) is 0 Å². The van der Waals surface area contributed by atoms with E-state index in [0.717, 1.165) is 11.4 Å². The molecule has 3 nitrogen and oxygen atoms in total. The zero-order valence-electron chi connectivity index (χ0n) is 9.11. The summed E-state index contributed by atoms with van der Waals surface area (Å²) >= 11 is 0. The van der Waals surface area contributed by atoms with Gasteiger partial charge in [-0.05, 0) is 23.8 Å². The molecule has 0 amide bonds. The van der Waals surface area contributed by atoms with Crippen LogP contribution < -0.4 is 11.1 Å². The number of aromatic nitrogens is 1. The highest BCUT2D eigenvalue weighted by Gasteiger charge is 2.22. The molecule has 16 heavy (non-hydrogen) atoms. The van der Waals surface area contributed by atoms with E-state index in [9.17, 15) is 0 Å². The number of nitrogens with zero attached hydrogens (tertiary/aromatic N) is 1. The van der Waals surface area contributed by atoms with Crippen LogP contribution in [0.2, 0.25) is 0 Å². The number of pyridine rings is 1. The molecule has 1 aromatic carbocycles. The lowest BCUT2D eigenvalue weighted by molar-refractivity contribution is 1.06. The van der Waals surface area contributed by atoms with Gasteiger partial charge in [0.1, 0.15) is 5.82 Å². The zero-order chi connectivity index (χ0) is 11.0. The molecule has 0 atom stereocenters. The Morgan fingerprint density at radius 1 is 1.25 bits per heavy atom. The van der Waals surface area contributed by atoms with Crippen molar-refractivity contribution in [2.45, 2.75) is 25.4 Å². The SMILES string of the molecule is NCc1cnc(NC2CC2)c2ccccc12. The Kier molecular flexibility index (Phi) is 2.26. The molecule has 1 aliphatic carbocycles. The molecule has 3 N–H and O–H groups in total.